The number of aryl methyl sites for hydroxylation is 1. The van der Waals surface area contributed by atoms with Crippen molar-refractivity contribution in [1.82, 2.24) is 15.1 Å². The van der Waals surface area contributed by atoms with Gasteiger partial charge in [-0.25, -0.2) is 0 Å². The van der Waals surface area contributed by atoms with E-state index in [1.54, 1.807) is 6.07 Å². The molecular formula is C17H23N3O. The van der Waals surface area contributed by atoms with Gasteiger partial charge in [-0.15, -0.1) is 0 Å². The zero-order valence-corrected chi connectivity index (χ0v) is 12.7. The number of fused-ring (bicyclic) bond motifs is 1. The standard InChI is InChI=1S/C17H23N3O/c1-3-14(12-7-4-5-10-17(12)21)19-15-8-6-9-16-13(15)11-18-20(16)2/h4-5,7,10-11,14-15,19,21H,3,6,8-9H2,1-2H3. The van der Waals surface area contributed by atoms with Gasteiger partial charge in [-0.05, 0) is 31.7 Å². The fourth-order valence-corrected chi connectivity index (χ4v) is 3.33. The zero-order chi connectivity index (χ0) is 14.8. The van der Waals surface area contributed by atoms with Crippen LogP contribution >= 0.6 is 0 Å². The van der Waals surface area contributed by atoms with Crippen molar-refractivity contribution in [2.24, 2.45) is 7.05 Å². The minimum absolute atomic E-state index is 0.169. The van der Waals surface area contributed by atoms with Crippen molar-refractivity contribution in [3.05, 3.63) is 47.3 Å². The Balaban J connectivity index is 1.84. The number of hydrogen-bond acceptors (Lipinski definition) is 3. The predicted octanol–water partition coefficient (Wildman–Crippen LogP) is 3.24. The number of para-hydroxylation sites is 1. The minimum atomic E-state index is 0.169. The summed E-state index contributed by atoms with van der Waals surface area (Å²) < 4.78 is 1.99. The molecule has 0 aliphatic heterocycles. The third kappa shape index (κ3) is 2.68. The molecule has 1 aliphatic rings. The SMILES string of the molecule is CCC(NC1CCCc2c1cnn2C)c1ccccc1O. The molecule has 2 atom stereocenters. The molecule has 0 spiro atoms. The molecule has 3 rings (SSSR count). The molecule has 1 aliphatic carbocycles. The van der Waals surface area contributed by atoms with Crippen LogP contribution in [-0.2, 0) is 13.5 Å². The topological polar surface area (TPSA) is 50.1 Å². The number of phenols is 1. The van der Waals surface area contributed by atoms with Crippen LogP contribution in [0.25, 0.3) is 0 Å². The summed E-state index contributed by atoms with van der Waals surface area (Å²) in [6, 6.07) is 8.11. The molecule has 0 fully saturated rings. The fraction of sp³-hybridized carbons (Fsp3) is 0.471. The first-order chi connectivity index (χ1) is 10.2. The number of rotatable bonds is 4. The lowest BCUT2D eigenvalue weighted by Gasteiger charge is -2.29. The second kappa shape index (κ2) is 5.90. The lowest BCUT2D eigenvalue weighted by molar-refractivity contribution is 0.377. The first-order valence-electron chi connectivity index (χ1n) is 7.75. The molecule has 112 valence electrons. The summed E-state index contributed by atoms with van der Waals surface area (Å²) in [5.41, 5.74) is 3.64. The van der Waals surface area contributed by atoms with Crippen LogP contribution in [0.3, 0.4) is 0 Å². The van der Waals surface area contributed by atoms with Crippen LogP contribution in [-0.4, -0.2) is 14.9 Å². The first-order valence-corrected chi connectivity index (χ1v) is 7.75. The summed E-state index contributed by atoms with van der Waals surface area (Å²) in [6.45, 7) is 2.15. The molecule has 2 aromatic rings. The zero-order valence-electron chi connectivity index (χ0n) is 12.7. The molecule has 4 heteroatoms. The first kappa shape index (κ1) is 14.1. The Morgan fingerprint density at radius 2 is 2.24 bits per heavy atom. The van der Waals surface area contributed by atoms with E-state index < -0.39 is 0 Å². The van der Waals surface area contributed by atoms with E-state index in [0.717, 1.165) is 24.8 Å². The third-order valence-corrected chi connectivity index (χ3v) is 4.50. The predicted molar refractivity (Wildman–Crippen MR) is 83.2 cm³/mol. The summed E-state index contributed by atoms with van der Waals surface area (Å²) in [6.07, 6.45) is 6.36. The minimum Gasteiger partial charge on any atom is -0.508 e. The van der Waals surface area contributed by atoms with Gasteiger partial charge in [0.1, 0.15) is 5.75 Å². The van der Waals surface area contributed by atoms with Crippen molar-refractivity contribution < 1.29 is 5.11 Å². The van der Waals surface area contributed by atoms with Crippen molar-refractivity contribution in [2.75, 3.05) is 0 Å². The smallest absolute Gasteiger partial charge is 0.120 e. The average molecular weight is 285 g/mol. The van der Waals surface area contributed by atoms with E-state index in [0.29, 0.717) is 11.8 Å². The van der Waals surface area contributed by atoms with Crippen molar-refractivity contribution in [1.29, 1.82) is 0 Å². The van der Waals surface area contributed by atoms with Gasteiger partial charge >= 0.3 is 0 Å². The Bertz CT molecular complexity index is 620. The maximum Gasteiger partial charge on any atom is 0.120 e. The van der Waals surface area contributed by atoms with Crippen molar-refractivity contribution in [3.63, 3.8) is 0 Å². The molecule has 2 unspecified atom stereocenters. The van der Waals surface area contributed by atoms with Crippen LogP contribution in [0.2, 0.25) is 0 Å². The molecular weight excluding hydrogens is 262 g/mol. The molecule has 0 amide bonds. The summed E-state index contributed by atoms with van der Waals surface area (Å²) in [5.74, 6) is 0.374. The largest absolute Gasteiger partial charge is 0.508 e. The van der Waals surface area contributed by atoms with Crippen molar-refractivity contribution in [3.8, 4) is 5.75 Å². The normalized spacial score (nSPS) is 19.2. The van der Waals surface area contributed by atoms with Gasteiger partial charge in [0, 0.05) is 36.0 Å². The Morgan fingerprint density at radius 3 is 3.00 bits per heavy atom. The lowest BCUT2D eigenvalue weighted by atomic mass is 9.91. The number of aromatic hydroxyl groups is 1. The molecule has 4 nitrogen and oxygen atoms in total. The Kier molecular flexibility index (Phi) is 3.97. The molecule has 0 saturated heterocycles. The van der Waals surface area contributed by atoms with E-state index in [9.17, 15) is 5.11 Å². The monoisotopic (exact) mass is 285 g/mol. The fourth-order valence-electron chi connectivity index (χ4n) is 3.33. The van der Waals surface area contributed by atoms with Gasteiger partial charge in [0.15, 0.2) is 0 Å². The summed E-state index contributed by atoms with van der Waals surface area (Å²) in [4.78, 5) is 0. The highest BCUT2D eigenvalue weighted by molar-refractivity contribution is 5.35. The van der Waals surface area contributed by atoms with Crippen molar-refractivity contribution in [2.45, 2.75) is 44.7 Å². The molecule has 0 saturated carbocycles. The number of nitrogens with zero attached hydrogens (tertiary/aromatic N) is 2. The van der Waals surface area contributed by atoms with Gasteiger partial charge in [-0.1, -0.05) is 25.1 Å². The maximum atomic E-state index is 10.1. The Hall–Kier alpha value is -1.81. The van der Waals surface area contributed by atoms with E-state index >= 15 is 0 Å². The highest BCUT2D eigenvalue weighted by Gasteiger charge is 2.26. The molecule has 1 aromatic carbocycles. The van der Waals surface area contributed by atoms with E-state index in [-0.39, 0.29) is 6.04 Å². The lowest BCUT2D eigenvalue weighted by Crippen LogP contribution is -2.29. The molecule has 0 bridgehead atoms. The number of benzene rings is 1. The number of hydrogen-bond donors (Lipinski definition) is 2. The van der Waals surface area contributed by atoms with Gasteiger partial charge in [0.05, 0.1) is 6.20 Å². The van der Waals surface area contributed by atoms with Crippen LogP contribution in [0, 0.1) is 0 Å². The quantitative estimate of drug-likeness (QED) is 0.906. The summed E-state index contributed by atoms with van der Waals surface area (Å²) in [7, 11) is 2.02. The second-order valence-electron chi connectivity index (χ2n) is 5.80. The van der Waals surface area contributed by atoms with Gasteiger partial charge in [0.2, 0.25) is 0 Å². The van der Waals surface area contributed by atoms with Crippen LogP contribution in [0.1, 0.15) is 55.1 Å². The van der Waals surface area contributed by atoms with Gasteiger partial charge in [-0.3, -0.25) is 4.68 Å². The van der Waals surface area contributed by atoms with E-state index in [4.69, 9.17) is 0 Å². The van der Waals surface area contributed by atoms with Crippen molar-refractivity contribution >= 4 is 0 Å². The molecule has 21 heavy (non-hydrogen) atoms. The number of aromatic nitrogens is 2. The Labute approximate surface area is 125 Å². The van der Waals surface area contributed by atoms with Crippen LogP contribution < -0.4 is 5.32 Å². The highest BCUT2D eigenvalue weighted by atomic mass is 16.3. The summed E-state index contributed by atoms with van der Waals surface area (Å²) in [5, 5.41) is 18.2. The second-order valence-corrected chi connectivity index (χ2v) is 5.80. The third-order valence-electron chi connectivity index (χ3n) is 4.50. The van der Waals surface area contributed by atoms with Gasteiger partial charge in [0.25, 0.3) is 0 Å². The molecule has 2 N–H and O–H groups in total. The van der Waals surface area contributed by atoms with Crippen LogP contribution in [0.4, 0.5) is 0 Å². The maximum absolute atomic E-state index is 10.1. The van der Waals surface area contributed by atoms with E-state index in [2.05, 4.69) is 17.3 Å². The molecule has 1 aromatic heterocycles. The van der Waals surface area contributed by atoms with Gasteiger partial charge in [-0.2, -0.15) is 5.10 Å². The summed E-state index contributed by atoms with van der Waals surface area (Å²) >= 11 is 0. The van der Waals surface area contributed by atoms with Crippen LogP contribution in [0.15, 0.2) is 30.5 Å². The van der Waals surface area contributed by atoms with Crippen LogP contribution in [0.5, 0.6) is 5.75 Å². The molecule has 1 heterocycles. The molecule has 0 radical (unpaired) electrons. The number of phenolic OH excluding ortho intramolecular Hbond substituents is 1. The van der Waals surface area contributed by atoms with Gasteiger partial charge < -0.3 is 10.4 Å². The highest BCUT2D eigenvalue weighted by Crippen LogP contribution is 2.34. The average Bonchev–Trinajstić information content (AvgIpc) is 2.88. The number of nitrogens with one attached hydrogen (secondary N) is 1. The van der Waals surface area contributed by atoms with E-state index in [1.165, 1.54) is 17.7 Å². The van der Waals surface area contributed by atoms with E-state index in [1.807, 2.05) is 36.1 Å². The Morgan fingerprint density at radius 1 is 1.43 bits per heavy atom.